The molecule has 5 aromatic heterocycles. The molecule has 0 radical (unpaired) electrons. The van der Waals surface area contributed by atoms with Crippen molar-refractivity contribution in [3.8, 4) is 56.1 Å². The van der Waals surface area contributed by atoms with E-state index in [-0.39, 0.29) is 0 Å². The van der Waals surface area contributed by atoms with Gasteiger partial charge in [-0.3, -0.25) is 4.98 Å². The quantitative estimate of drug-likeness (QED) is 0.167. The number of pyridine rings is 2. The van der Waals surface area contributed by atoms with Crippen molar-refractivity contribution in [1.29, 1.82) is 0 Å². The maximum Gasteiger partial charge on any atom is 0.0889 e. The summed E-state index contributed by atoms with van der Waals surface area (Å²) in [6, 6.07) is 76.7. The summed E-state index contributed by atoms with van der Waals surface area (Å²) < 4.78 is 7.27. The maximum atomic E-state index is 5.11. The zero-order chi connectivity index (χ0) is 41.4. The highest BCUT2D eigenvalue weighted by Gasteiger charge is 2.18. The average Bonchev–Trinajstić information content (AvgIpc) is 4.01. The molecular weight excluding hydrogens is 785 g/mol. The number of hydrogen-bond acceptors (Lipinski definition) is 3. The third kappa shape index (κ3) is 5.82. The Hall–Kier alpha value is -8.12. The SMILES string of the molecule is c1ccc(-c2cc(-c3ccc(-n4c5ccccc5c5cc(-c6ccc7c(c6)c6ccccc6n7-c6ccc7sc8cccnc8c7c6)ccc54)cc3)cc(-c3ccccc3)n2)cc1. The molecule has 0 aliphatic heterocycles. The predicted octanol–water partition coefficient (Wildman–Crippen LogP) is 15.7. The summed E-state index contributed by atoms with van der Waals surface area (Å²) in [5.41, 5.74) is 16.9. The van der Waals surface area contributed by atoms with Crippen molar-refractivity contribution in [3.05, 3.63) is 219 Å². The molecule has 5 heterocycles. The van der Waals surface area contributed by atoms with E-state index in [9.17, 15) is 0 Å². The van der Waals surface area contributed by atoms with E-state index in [1.165, 1.54) is 69.5 Å². The molecule has 0 fully saturated rings. The van der Waals surface area contributed by atoms with Crippen molar-refractivity contribution >= 4 is 75.3 Å². The van der Waals surface area contributed by atoms with Crippen LogP contribution in [-0.2, 0) is 0 Å². The lowest BCUT2D eigenvalue weighted by Crippen LogP contribution is -1.94. The van der Waals surface area contributed by atoms with Gasteiger partial charge in [0.15, 0.2) is 0 Å². The summed E-state index contributed by atoms with van der Waals surface area (Å²) in [5, 5.41) is 6.13. The van der Waals surface area contributed by atoms with E-state index in [1.807, 2.05) is 24.4 Å². The van der Waals surface area contributed by atoms with Crippen molar-refractivity contribution in [2.45, 2.75) is 0 Å². The molecular formula is C58H36N4S. The molecule has 4 nitrogen and oxygen atoms in total. The second kappa shape index (κ2) is 14.2. The number of aromatic nitrogens is 4. The van der Waals surface area contributed by atoms with Gasteiger partial charge in [0.1, 0.15) is 0 Å². The molecule has 0 saturated heterocycles. The van der Waals surface area contributed by atoms with E-state index < -0.39 is 0 Å². The first-order valence-electron chi connectivity index (χ1n) is 21.3. The van der Waals surface area contributed by atoms with Crippen LogP contribution >= 0.6 is 11.3 Å². The van der Waals surface area contributed by atoms with Crippen LogP contribution in [0.25, 0.3) is 120 Å². The van der Waals surface area contributed by atoms with Gasteiger partial charge in [-0.2, -0.15) is 0 Å². The second-order valence-electron chi connectivity index (χ2n) is 16.2. The highest BCUT2D eigenvalue weighted by Crippen LogP contribution is 2.40. The van der Waals surface area contributed by atoms with Gasteiger partial charge in [0, 0.05) is 60.3 Å². The van der Waals surface area contributed by atoms with Crippen LogP contribution in [0.15, 0.2) is 219 Å². The van der Waals surface area contributed by atoms with E-state index in [0.29, 0.717) is 0 Å². The first-order chi connectivity index (χ1) is 31.2. The molecule has 0 atom stereocenters. The molecule has 63 heavy (non-hydrogen) atoms. The molecule has 0 amide bonds. The van der Waals surface area contributed by atoms with E-state index in [1.54, 1.807) is 11.3 Å². The first-order valence-corrected chi connectivity index (χ1v) is 22.1. The minimum Gasteiger partial charge on any atom is -0.309 e. The maximum absolute atomic E-state index is 5.11. The van der Waals surface area contributed by atoms with Crippen LogP contribution in [0.3, 0.4) is 0 Å². The van der Waals surface area contributed by atoms with Gasteiger partial charge in [-0.1, -0.05) is 121 Å². The molecule has 0 bridgehead atoms. The number of nitrogens with zero attached hydrogens (tertiary/aromatic N) is 4. The minimum atomic E-state index is 0.960. The standard InChI is InChI=1S/C58H36N4S/c1-3-12-38(13-4-1)50-34-42(35-51(60-50)39-14-5-2-6-15-39)37-21-25-43(26-22-37)61-52-18-9-7-16-45(52)47-32-40(23-28-54(47)61)41-24-29-55-48(33-41)46-17-8-10-19-53(46)62(55)44-27-30-56-49(36-44)58-57(63-56)20-11-31-59-58/h1-36H. The van der Waals surface area contributed by atoms with E-state index in [0.717, 1.165) is 50.5 Å². The van der Waals surface area contributed by atoms with Gasteiger partial charge in [0.2, 0.25) is 0 Å². The summed E-state index contributed by atoms with van der Waals surface area (Å²) in [5.74, 6) is 0. The van der Waals surface area contributed by atoms with Crippen LogP contribution < -0.4 is 0 Å². The summed E-state index contributed by atoms with van der Waals surface area (Å²) in [6.45, 7) is 0. The number of thiophene rings is 1. The van der Waals surface area contributed by atoms with Crippen LogP contribution in [0.2, 0.25) is 0 Å². The summed E-state index contributed by atoms with van der Waals surface area (Å²) in [7, 11) is 0. The molecule has 0 unspecified atom stereocenters. The third-order valence-corrected chi connectivity index (χ3v) is 13.7. The Labute approximate surface area is 367 Å². The Morgan fingerprint density at radius 1 is 0.317 bits per heavy atom. The van der Waals surface area contributed by atoms with Crippen LogP contribution in [-0.4, -0.2) is 19.1 Å². The second-order valence-corrected chi connectivity index (χ2v) is 17.3. The van der Waals surface area contributed by atoms with Crippen LogP contribution in [0.1, 0.15) is 0 Å². The van der Waals surface area contributed by atoms with Crippen molar-refractivity contribution in [2.24, 2.45) is 0 Å². The molecule has 0 spiro atoms. The Morgan fingerprint density at radius 3 is 1.46 bits per heavy atom. The van der Waals surface area contributed by atoms with Gasteiger partial charge < -0.3 is 9.13 Å². The Bertz CT molecular complexity index is 3840. The minimum absolute atomic E-state index is 0.960. The van der Waals surface area contributed by atoms with Gasteiger partial charge in [-0.05, 0) is 113 Å². The molecule has 5 heteroatoms. The van der Waals surface area contributed by atoms with Gasteiger partial charge in [-0.25, -0.2) is 4.98 Å². The van der Waals surface area contributed by atoms with Gasteiger partial charge >= 0.3 is 0 Å². The van der Waals surface area contributed by atoms with Crippen molar-refractivity contribution in [3.63, 3.8) is 0 Å². The van der Waals surface area contributed by atoms with Crippen LogP contribution in [0.4, 0.5) is 0 Å². The zero-order valence-corrected chi connectivity index (χ0v) is 34.8. The monoisotopic (exact) mass is 820 g/mol. The van der Waals surface area contributed by atoms with Gasteiger partial charge in [-0.15, -0.1) is 11.3 Å². The fourth-order valence-corrected chi connectivity index (χ4v) is 10.6. The molecule has 13 rings (SSSR count). The summed E-state index contributed by atoms with van der Waals surface area (Å²) >= 11 is 1.80. The van der Waals surface area contributed by atoms with Gasteiger partial charge in [0.05, 0.1) is 43.7 Å². The fourth-order valence-electron chi connectivity index (χ4n) is 9.60. The highest BCUT2D eigenvalue weighted by molar-refractivity contribution is 7.25. The molecule has 8 aromatic carbocycles. The number of para-hydroxylation sites is 2. The molecule has 0 saturated carbocycles. The molecule has 0 N–H and O–H groups in total. The number of benzene rings is 8. The highest BCUT2D eigenvalue weighted by atomic mass is 32.1. The topological polar surface area (TPSA) is 35.6 Å². The normalized spacial score (nSPS) is 11.8. The fraction of sp³-hybridized carbons (Fsp3) is 0. The molecule has 13 aromatic rings. The first kappa shape index (κ1) is 35.6. The number of fused-ring (bicyclic) bond motifs is 9. The lowest BCUT2D eigenvalue weighted by atomic mass is 9.99. The smallest absolute Gasteiger partial charge is 0.0889 e. The van der Waals surface area contributed by atoms with E-state index in [4.69, 9.17) is 9.97 Å². The Balaban J connectivity index is 0.902. The van der Waals surface area contributed by atoms with Crippen LogP contribution in [0, 0.1) is 0 Å². The lowest BCUT2D eigenvalue weighted by Gasteiger charge is -2.12. The summed E-state index contributed by atoms with van der Waals surface area (Å²) in [4.78, 5) is 9.86. The predicted molar refractivity (Wildman–Crippen MR) is 265 cm³/mol. The van der Waals surface area contributed by atoms with Gasteiger partial charge in [0.25, 0.3) is 0 Å². The van der Waals surface area contributed by atoms with Crippen molar-refractivity contribution in [1.82, 2.24) is 19.1 Å². The zero-order valence-electron chi connectivity index (χ0n) is 34.0. The average molecular weight is 821 g/mol. The molecule has 0 aliphatic rings. The summed E-state index contributed by atoms with van der Waals surface area (Å²) in [6.07, 6.45) is 1.89. The molecule has 294 valence electrons. The Morgan fingerprint density at radius 2 is 0.841 bits per heavy atom. The molecule has 0 aliphatic carbocycles. The number of hydrogen-bond donors (Lipinski definition) is 0. The van der Waals surface area contributed by atoms with Crippen LogP contribution in [0.5, 0.6) is 0 Å². The van der Waals surface area contributed by atoms with E-state index in [2.05, 4.69) is 203 Å². The lowest BCUT2D eigenvalue weighted by molar-refractivity contribution is 1.18. The van der Waals surface area contributed by atoms with Crippen molar-refractivity contribution in [2.75, 3.05) is 0 Å². The third-order valence-electron chi connectivity index (χ3n) is 12.6. The number of rotatable bonds is 6. The largest absolute Gasteiger partial charge is 0.309 e. The van der Waals surface area contributed by atoms with E-state index >= 15 is 0 Å². The van der Waals surface area contributed by atoms with Crippen molar-refractivity contribution < 1.29 is 0 Å². The Kier molecular flexibility index (Phi) is 8.05.